The molecule has 0 bridgehead atoms. The van der Waals surface area contributed by atoms with E-state index in [9.17, 15) is 9.59 Å². The molecule has 5 aromatic heterocycles. The summed E-state index contributed by atoms with van der Waals surface area (Å²) in [6.07, 6.45) is 6.57. The maximum atomic E-state index is 14.0. The first-order valence-electron chi connectivity index (χ1n) is 12.2. The van der Waals surface area contributed by atoms with Crippen molar-refractivity contribution in [1.82, 2.24) is 33.9 Å². The predicted octanol–water partition coefficient (Wildman–Crippen LogP) is 3.00. The highest BCUT2D eigenvalue weighted by Crippen LogP contribution is 2.22. The van der Waals surface area contributed by atoms with Gasteiger partial charge in [0.1, 0.15) is 11.3 Å². The van der Waals surface area contributed by atoms with Crippen LogP contribution in [0.5, 0.6) is 0 Å². The summed E-state index contributed by atoms with van der Waals surface area (Å²) in [5, 5.41) is 7.14. The first-order chi connectivity index (χ1) is 19.0. The van der Waals surface area contributed by atoms with Gasteiger partial charge in [0.15, 0.2) is 11.5 Å². The van der Waals surface area contributed by atoms with Gasteiger partial charge in [0, 0.05) is 30.4 Å². The van der Waals surface area contributed by atoms with E-state index in [0.717, 1.165) is 5.56 Å². The molecule has 6 rings (SSSR count). The van der Waals surface area contributed by atoms with E-state index in [1.807, 2.05) is 49.4 Å². The Labute approximate surface area is 222 Å². The Morgan fingerprint density at radius 1 is 1.00 bits per heavy atom. The van der Waals surface area contributed by atoms with Crippen LogP contribution in [0.4, 0.5) is 5.82 Å². The minimum absolute atomic E-state index is 0.0679. The fourth-order valence-corrected chi connectivity index (χ4v) is 4.49. The van der Waals surface area contributed by atoms with Crippen molar-refractivity contribution >= 4 is 22.9 Å². The fraction of sp³-hybridized carbons (Fsp3) is 0.0690. The van der Waals surface area contributed by atoms with E-state index in [1.54, 1.807) is 58.0 Å². The summed E-state index contributed by atoms with van der Waals surface area (Å²) in [6.45, 7) is 1.81. The largest absolute Gasteiger partial charge is 0.381 e. The summed E-state index contributed by atoms with van der Waals surface area (Å²) >= 11 is 0. The van der Waals surface area contributed by atoms with Gasteiger partial charge in [-0.05, 0) is 61.4 Å². The Morgan fingerprint density at radius 2 is 1.79 bits per heavy atom. The molecule has 1 aromatic carbocycles. The minimum Gasteiger partial charge on any atom is -0.381 e. The summed E-state index contributed by atoms with van der Waals surface area (Å²) in [7, 11) is 0. The van der Waals surface area contributed by atoms with Crippen molar-refractivity contribution in [2.75, 3.05) is 5.73 Å². The first-order valence-corrected chi connectivity index (χ1v) is 12.2. The molecule has 0 spiro atoms. The summed E-state index contributed by atoms with van der Waals surface area (Å²) in [5.41, 5.74) is 9.49. The van der Waals surface area contributed by atoms with Crippen LogP contribution in [0.2, 0.25) is 0 Å². The molecule has 5 heterocycles. The average Bonchev–Trinajstić information content (AvgIpc) is 3.52. The highest BCUT2D eigenvalue weighted by Gasteiger charge is 2.24. The molecule has 1 amide bonds. The minimum atomic E-state index is -0.574. The number of nitrogen functional groups attached to an aromatic ring is 1. The van der Waals surface area contributed by atoms with Crippen molar-refractivity contribution < 1.29 is 4.79 Å². The molecule has 3 N–H and O–H groups in total. The predicted molar refractivity (Wildman–Crippen MR) is 146 cm³/mol. The monoisotopic (exact) mass is 514 g/mol. The molecule has 1 unspecified atom stereocenters. The first kappa shape index (κ1) is 23.7. The highest BCUT2D eigenvalue weighted by atomic mass is 16.2. The van der Waals surface area contributed by atoms with Crippen molar-refractivity contribution in [1.29, 1.82) is 0 Å². The van der Waals surface area contributed by atoms with E-state index >= 15 is 0 Å². The molecule has 0 saturated heterocycles. The van der Waals surface area contributed by atoms with Crippen LogP contribution in [0, 0.1) is 11.8 Å². The van der Waals surface area contributed by atoms with Crippen molar-refractivity contribution in [2.45, 2.75) is 13.0 Å². The maximum Gasteiger partial charge on any atom is 0.338 e. The zero-order valence-electron chi connectivity index (χ0n) is 20.8. The van der Waals surface area contributed by atoms with Crippen molar-refractivity contribution in [3.8, 4) is 17.5 Å². The van der Waals surface area contributed by atoms with Crippen LogP contribution in [0.3, 0.4) is 0 Å². The molecule has 10 nitrogen and oxygen atoms in total. The van der Waals surface area contributed by atoms with Gasteiger partial charge in [-0.2, -0.15) is 0 Å². The zero-order valence-corrected chi connectivity index (χ0v) is 20.8. The van der Waals surface area contributed by atoms with Gasteiger partial charge in [-0.1, -0.05) is 24.1 Å². The number of para-hydroxylation sites is 1. The molecule has 0 aliphatic rings. The van der Waals surface area contributed by atoms with Gasteiger partial charge >= 0.3 is 5.69 Å². The number of hydrogen-bond acceptors (Lipinski definition) is 6. The SMILES string of the molecule is CC(NC(=O)c1c(N)nn2cccnc12)c1cc2ccc(C#Cc3ccncc3)n2c(=O)n1-c1ccccc1. The van der Waals surface area contributed by atoms with E-state index in [-0.39, 0.29) is 17.1 Å². The average molecular weight is 515 g/mol. The third-order valence-corrected chi connectivity index (χ3v) is 6.32. The quantitative estimate of drug-likeness (QED) is 0.349. The number of nitrogens with two attached hydrogens (primary N) is 1. The summed E-state index contributed by atoms with van der Waals surface area (Å²) < 4.78 is 4.59. The number of nitrogens with zero attached hydrogens (tertiary/aromatic N) is 6. The molecule has 10 heteroatoms. The normalized spacial score (nSPS) is 11.7. The van der Waals surface area contributed by atoms with Crippen LogP contribution >= 0.6 is 0 Å². The fourth-order valence-electron chi connectivity index (χ4n) is 4.49. The lowest BCUT2D eigenvalue weighted by Gasteiger charge is -2.20. The molecule has 6 aromatic rings. The van der Waals surface area contributed by atoms with Crippen LogP contribution in [0.25, 0.3) is 16.9 Å². The Bertz CT molecular complexity index is 1960. The third-order valence-electron chi connectivity index (χ3n) is 6.32. The summed E-state index contributed by atoms with van der Waals surface area (Å²) in [5.74, 6) is 5.80. The number of carbonyl (C=O) groups is 1. The van der Waals surface area contributed by atoms with Gasteiger partial charge in [0.05, 0.1) is 22.9 Å². The van der Waals surface area contributed by atoms with E-state index in [4.69, 9.17) is 5.73 Å². The standard InChI is InChI=1S/C29H22N8O2/c1-19(33-28(38)25-26(30)34-35-17-5-14-32-27(25)35)24-18-23-11-10-22(9-8-20-12-15-31-16-13-20)36(23)29(39)37(24)21-6-3-2-4-7-21/h2-7,10-19H,1H3,(H2,30,34)(H,33,38). The lowest BCUT2D eigenvalue weighted by Crippen LogP contribution is -2.34. The number of nitrogens with one attached hydrogen (secondary N) is 1. The van der Waals surface area contributed by atoms with E-state index in [0.29, 0.717) is 28.2 Å². The van der Waals surface area contributed by atoms with Crippen LogP contribution in [-0.2, 0) is 0 Å². The van der Waals surface area contributed by atoms with Crippen molar-refractivity contribution in [3.63, 3.8) is 0 Å². The smallest absolute Gasteiger partial charge is 0.338 e. The van der Waals surface area contributed by atoms with Crippen LogP contribution in [0.1, 0.15) is 40.3 Å². The lowest BCUT2D eigenvalue weighted by atomic mass is 10.1. The number of fused-ring (bicyclic) bond motifs is 2. The molecular formula is C29H22N8O2. The molecule has 0 aliphatic heterocycles. The lowest BCUT2D eigenvalue weighted by molar-refractivity contribution is 0.0941. The molecular weight excluding hydrogens is 492 g/mol. The number of amides is 1. The second-order valence-corrected chi connectivity index (χ2v) is 8.83. The van der Waals surface area contributed by atoms with Crippen molar-refractivity contribution in [2.24, 2.45) is 0 Å². The summed E-state index contributed by atoms with van der Waals surface area (Å²) in [4.78, 5) is 35.6. The third kappa shape index (κ3) is 4.28. The Hall–Kier alpha value is -5.69. The number of aromatic nitrogens is 6. The molecule has 0 saturated carbocycles. The number of rotatable bonds is 4. The maximum absolute atomic E-state index is 14.0. The number of hydrogen-bond donors (Lipinski definition) is 2. The second kappa shape index (κ2) is 9.64. The molecule has 0 radical (unpaired) electrons. The topological polar surface area (TPSA) is 125 Å². The Morgan fingerprint density at radius 3 is 2.59 bits per heavy atom. The van der Waals surface area contributed by atoms with Gasteiger partial charge in [-0.25, -0.2) is 14.3 Å². The Balaban J connectivity index is 1.45. The molecule has 39 heavy (non-hydrogen) atoms. The number of anilines is 1. The van der Waals surface area contributed by atoms with Crippen LogP contribution in [0.15, 0.2) is 96.3 Å². The number of benzene rings is 1. The van der Waals surface area contributed by atoms with Crippen molar-refractivity contribution in [3.05, 3.63) is 125 Å². The molecule has 0 fully saturated rings. The van der Waals surface area contributed by atoms with Gasteiger partial charge in [-0.15, -0.1) is 5.10 Å². The van der Waals surface area contributed by atoms with E-state index in [2.05, 4.69) is 32.2 Å². The second-order valence-electron chi connectivity index (χ2n) is 8.83. The van der Waals surface area contributed by atoms with Crippen LogP contribution < -0.4 is 16.7 Å². The van der Waals surface area contributed by atoms with Gasteiger partial charge in [0.25, 0.3) is 5.91 Å². The van der Waals surface area contributed by atoms with E-state index < -0.39 is 11.9 Å². The van der Waals surface area contributed by atoms with Gasteiger partial charge in [0.2, 0.25) is 0 Å². The number of carbonyl (C=O) groups excluding carboxylic acids is 1. The molecule has 190 valence electrons. The summed E-state index contributed by atoms with van der Waals surface area (Å²) in [6, 6.07) is 19.5. The highest BCUT2D eigenvalue weighted by molar-refractivity contribution is 6.04. The van der Waals surface area contributed by atoms with E-state index in [1.165, 1.54) is 4.52 Å². The van der Waals surface area contributed by atoms with Gasteiger partial charge in [-0.3, -0.25) is 18.7 Å². The van der Waals surface area contributed by atoms with Crippen LogP contribution in [-0.4, -0.2) is 34.5 Å². The van der Waals surface area contributed by atoms with Gasteiger partial charge < -0.3 is 11.1 Å². The number of pyridine rings is 1. The molecule has 0 aliphatic carbocycles. The Kier molecular flexibility index (Phi) is 5.86. The zero-order chi connectivity index (χ0) is 26.9. The molecule has 1 atom stereocenters.